The Labute approximate surface area is 129 Å². The molecular formula is C16H22O6. The number of esters is 1. The van der Waals surface area contributed by atoms with E-state index in [0.29, 0.717) is 0 Å². The lowest BCUT2D eigenvalue weighted by Gasteiger charge is -1.92. The smallest absolute Gasteiger partial charge is 0.304 e. The van der Waals surface area contributed by atoms with Crippen molar-refractivity contribution in [1.29, 1.82) is 0 Å². The van der Waals surface area contributed by atoms with E-state index >= 15 is 0 Å². The molecule has 6 nitrogen and oxygen atoms in total. The number of benzene rings is 2. The molecule has 22 heavy (non-hydrogen) atoms. The van der Waals surface area contributed by atoms with E-state index in [4.69, 9.17) is 15.0 Å². The van der Waals surface area contributed by atoms with Crippen molar-refractivity contribution in [2.24, 2.45) is 0 Å². The third kappa shape index (κ3) is 12.7. The van der Waals surface area contributed by atoms with Crippen molar-refractivity contribution < 1.29 is 29.3 Å². The average Bonchev–Trinajstić information content (AvgIpc) is 2.57. The van der Waals surface area contributed by atoms with Crippen molar-refractivity contribution in [3.8, 4) is 0 Å². The van der Waals surface area contributed by atoms with E-state index in [0.717, 1.165) is 0 Å². The first-order chi connectivity index (χ1) is 10.7. The van der Waals surface area contributed by atoms with Crippen LogP contribution < -0.4 is 0 Å². The van der Waals surface area contributed by atoms with Crippen molar-refractivity contribution in [2.45, 2.75) is 6.92 Å². The number of fused-ring (bicyclic) bond motifs is 1. The van der Waals surface area contributed by atoms with Crippen molar-refractivity contribution in [3.05, 3.63) is 48.5 Å². The standard InChI is InChI=1S/C10H8.C3H6O3.C2H6O2.CH2O/c1-2-6-10-8-4-3-7-9(10)5-1;1-3(5)6-2-4;1-4-2-3;1-2/h1-8H;4H,2H2,1H3;3H,2H2,1H3;1H2. The highest BCUT2D eigenvalue weighted by Crippen LogP contribution is 2.11. The molecule has 0 aliphatic rings. The number of carbonyl (C=O) groups excluding carboxylic acids is 2. The molecule has 2 rings (SSSR count). The van der Waals surface area contributed by atoms with Gasteiger partial charge in [-0.15, -0.1) is 0 Å². The van der Waals surface area contributed by atoms with Crippen LogP contribution in [0.15, 0.2) is 48.5 Å². The summed E-state index contributed by atoms with van der Waals surface area (Å²) in [4.78, 5) is 17.7. The summed E-state index contributed by atoms with van der Waals surface area (Å²) in [6.45, 7) is 2.53. The first-order valence-corrected chi connectivity index (χ1v) is 6.22. The zero-order valence-electron chi connectivity index (χ0n) is 12.8. The number of ether oxygens (including phenoxy) is 2. The van der Waals surface area contributed by atoms with Crippen LogP contribution in [0.3, 0.4) is 0 Å². The molecule has 122 valence electrons. The zero-order valence-corrected chi connectivity index (χ0v) is 12.8. The molecule has 0 radical (unpaired) electrons. The Morgan fingerprint density at radius 1 is 0.955 bits per heavy atom. The number of aliphatic hydroxyl groups excluding tert-OH is 2. The van der Waals surface area contributed by atoms with E-state index in [1.165, 1.54) is 24.8 Å². The Bertz CT molecular complexity index is 433. The van der Waals surface area contributed by atoms with Crippen LogP contribution in [-0.4, -0.2) is 43.7 Å². The summed E-state index contributed by atoms with van der Waals surface area (Å²) in [5.74, 6) is -0.461. The molecule has 0 atom stereocenters. The summed E-state index contributed by atoms with van der Waals surface area (Å²) < 4.78 is 8.06. The second-order valence-corrected chi connectivity index (χ2v) is 3.53. The van der Waals surface area contributed by atoms with Crippen molar-refractivity contribution >= 4 is 23.5 Å². The summed E-state index contributed by atoms with van der Waals surface area (Å²) in [6.07, 6.45) is 0. The number of hydrogen-bond donors (Lipinski definition) is 2. The molecule has 0 saturated heterocycles. The van der Waals surface area contributed by atoms with Gasteiger partial charge in [0.25, 0.3) is 0 Å². The maximum absolute atomic E-state index is 9.66. The number of carbonyl (C=O) groups is 2. The minimum Gasteiger partial charge on any atom is -0.439 e. The van der Waals surface area contributed by atoms with Crippen LogP contribution in [0.25, 0.3) is 10.8 Å². The third-order valence-electron chi connectivity index (χ3n) is 2.06. The van der Waals surface area contributed by atoms with Crippen LogP contribution in [-0.2, 0) is 19.1 Å². The molecule has 0 fully saturated rings. The molecular weight excluding hydrogens is 288 g/mol. The van der Waals surface area contributed by atoms with Gasteiger partial charge in [0.15, 0.2) is 6.79 Å². The predicted octanol–water partition coefficient (Wildman–Crippen LogP) is 1.74. The van der Waals surface area contributed by atoms with Gasteiger partial charge in [-0.3, -0.25) is 4.79 Å². The van der Waals surface area contributed by atoms with Gasteiger partial charge >= 0.3 is 5.97 Å². The number of rotatable bonds is 2. The van der Waals surface area contributed by atoms with E-state index in [9.17, 15) is 4.79 Å². The monoisotopic (exact) mass is 310 g/mol. The first kappa shape index (κ1) is 22.0. The summed E-state index contributed by atoms with van der Waals surface area (Å²) in [7, 11) is 1.43. The Kier molecular flexibility index (Phi) is 16.8. The molecule has 2 N–H and O–H groups in total. The summed E-state index contributed by atoms with van der Waals surface area (Å²) >= 11 is 0. The quantitative estimate of drug-likeness (QED) is 0.648. The summed E-state index contributed by atoms with van der Waals surface area (Å²) in [5.41, 5.74) is 0. The fourth-order valence-corrected chi connectivity index (χ4v) is 1.22. The van der Waals surface area contributed by atoms with Crippen LogP contribution in [0.2, 0.25) is 0 Å². The van der Waals surface area contributed by atoms with Gasteiger partial charge < -0.3 is 24.5 Å². The number of methoxy groups -OCH3 is 1. The molecule has 0 saturated carbocycles. The molecule has 6 heteroatoms. The lowest BCUT2D eigenvalue weighted by Crippen LogP contribution is -1.97. The molecule has 0 aliphatic carbocycles. The van der Waals surface area contributed by atoms with E-state index in [2.05, 4.69) is 58.0 Å². The van der Waals surface area contributed by atoms with Crippen LogP contribution in [0, 0.1) is 0 Å². The second-order valence-electron chi connectivity index (χ2n) is 3.53. The molecule has 0 aliphatic heterocycles. The predicted molar refractivity (Wildman–Crippen MR) is 84.0 cm³/mol. The van der Waals surface area contributed by atoms with E-state index in [1.54, 1.807) is 0 Å². The van der Waals surface area contributed by atoms with Crippen LogP contribution >= 0.6 is 0 Å². The van der Waals surface area contributed by atoms with Gasteiger partial charge in [0.05, 0.1) is 0 Å². The minimum atomic E-state index is -0.519. The van der Waals surface area contributed by atoms with Gasteiger partial charge in [-0.2, -0.15) is 0 Å². The Hall–Kier alpha value is -2.28. The Morgan fingerprint density at radius 3 is 1.41 bits per heavy atom. The van der Waals surface area contributed by atoms with Gasteiger partial charge in [-0.25, -0.2) is 0 Å². The van der Waals surface area contributed by atoms with Crippen LogP contribution in [0.5, 0.6) is 0 Å². The van der Waals surface area contributed by atoms with Gasteiger partial charge in [0, 0.05) is 14.0 Å². The normalized spacial score (nSPS) is 8.18. The van der Waals surface area contributed by atoms with E-state index in [-0.39, 0.29) is 6.79 Å². The highest BCUT2D eigenvalue weighted by atomic mass is 16.6. The first-order valence-electron chi connectivity index (χ1n) is 6.22. The fraction of sp³-hybridized carbons (Fsp3) is 0.250. The van der Waals surface area contributed by atoms with Crippen LogP contribution in [0.4, 0.5) is 0 Å². The lowest BCUT2D eigenvalue weighted by atomic mass is 10.1. The maximum Gasteiger partial charge on any atom is 0.304 e. The van der Waals surface area contributed by atoms with Crippen molar-refractivity contribution in [2.75, 3.05) is 20.7 Å². The molecule has 2 aromatic rings. The molecule has 0 bridgehead atoms. The van der Waals surface area contributed by atoms with Gasteiger partial charge in [0.2, 0.25) is 0 Å². The largest absolute Gasteiger partial charge is 0.439 e. The van der Waals surface area contributed by atoms with Crippen LogP contribution in [0.1, 0.15) is 6.92 Å². The zero-order chi connectivity index (χ0) is 17.2. The highest BCUT2D eigenvalue weighted by Gasteiger charge is 1.85. The molecule has 0 amide bonds. The average molecular weight is 310 g/mol. The van der Waals surface area contributed by atoms with Gasteiger partial charge in [-0.1, -0.05) is 48.5 Å². The number of hydrogen-bond acceptors (Lipinski definition) is 6. The molecule has 0 unspecified atom stereocenters. The topological polar surface area (TPSA) is 93.1 Å². The van der Waals surface area contributed by atoms with Crippen molar-refractivity contribution in [1.82, 2.24) is 0 Å². The van der Waals surface area contributed by atoms with E-state index in [1.807, 2.05) is 6.79 Å². The Morgan fingerprint density at radius 2 is 1.27 bits per heavy atom. The van der Waals surface area contributed by atoms with E-state index < -0.39 is 12.8 Å². The number of aliphatic hydroxyl groups is 2. The van der Waals surface area contributed by atoms with Gasteiger partial charge in [0.1, 0.15) is 13.6 Å². The van der Waals surface area contributed by atoms with Crippen molar-refractivity contribution in [3.63, 3.8) is 0 Å². The second kappa shape index (κ2) is 16.8. The minimum absolute atomic E-state index is 0.181. The lowest BCUT2D eigenvalue weighted by molar-refractivity contribution is -0.148. The molecule has 0 spiro atoms. The molecule has 0 heterocycles. The maximum atomic E-state index is 9.66. The Balaban J connectivity index is 0. The third-order valence-corrected chi connectivity index (χ3v) is 2.06. The fourth-order valence-electron chi connectivity index (χ4n) is 1.22. The van der Waals surface area contributed by atoms with Gasteiger partial charge in [-0.05, 0) is 10.8 Å². The SMILES string of the molecule is C=O.CC(=O)OCO.COCO.c1ccc2ccccc2c1. The summed E-state index contributed by atoms with van der Waals surface area (Å²) in [6, 6.07) is 16.7. The summed E-state index contributed by atoms with van der Waals surface area (Å²) in [5, 5.41) is 18.1. The highest BCUT2D eigenvalue weighted by molar-refractivity contribution is 5.81. The molecule has 0 aromatic heterocycles. The molecule has 2 aromatic carbocycles.